The molecule has 0 aromatic heterocycles. The molecule has 0 spiro atoms. The smallest absolute Gasteiger partial charge is 0.303 e. The van der Waals surface area contributed by atoms with Crippen molar-refractivity contribution in [1.29, 1.82) is 0 Å². The van der Waals surface area contributed by atoms with Crippen LogP contribution in [0.3, 0.4) is 0 Å². The highest BCUT2D eigenvalue weighted by Gasteiger charge is 2.64. The standard InChI is InChI=1S/C29H28N2O7/c1-18(32)38-27-25(31(29(27)34)21-11-15-23(36-3)16-12-21)24-26(37-17-19-7-5-4-6-8-19)28(33)30(24)20-9-13-22(35-2)14-10-20/h4-16,24-27H,17H2,1-3H3/t24-,25-,26+,27+/m0/s1. The predicted molar refractivity (Wildman–Crippen MR) is 139 cm³/mol. The lowest BCUT2D eigenvalue weighted by molar-refractivity contribution is -0.166. The van der Waals surface area contributed by atoms with Gasteiger partial charge in [-0.25, -0.2) is 0 Å². The average molecular weight is 517 g/mol. The summed E-state index contributed by atoms with van der Waals surface area (Å²) in [5, 5.41) is 0. The van der Waals surface area contributed by atoms with Gasteiger partial charge in [0.2, 0.25) is 6.10 Å². The van der Waals surface area contributed by atoms with Gasteiger partial charge < -0.3 is 23.8 Å². The fourth-order valence-corrected chi connectivity index (χ4v) is 4.94. The predicted octanol–water partition coefficient (Wildman–Crippen LogP) is 3.35. The maximum Gasteiger partial charge on any atom is 0.303 e. The normalized spacial score (nSPS) is 22.4. The molecule has 4 atom stereocenters. The Hall–Kier alpha value is -4.37. The van der Waals surface area contributed by atoms with Gasteiger partial charge in [0, 0.05) is 18.3 Å². The van der Waals surface area contributed by atoms with Crippen molar-refractivity contribution >= 4 is 29.2 Å². The van der Waals surface area contributed by atoms with Crippen LogP contribution in [-0.4, -0.2) is 56.3 Å². The van der Waals surface area contributed by atoms with E-state index in [1.54, 1.807) is 72.6 Å². The third kappa shape index (κ3) is 4.56. The molecule has 3 aromatic carbocycles. The van der Waals surface area contributed by atoms with Crippen LogP contribution in [0.25, 0.3) is 0 Å². The highest BCUT2D eigenvalue weighted by atomic mass is 16.6. The molecule has 0 radical (unpaired) electrons. The number of methoxy groups -OCH3 is 2. The van der Waals surface area contributed by atoms with Crippen LogP contribution < -0.4 is 19.3 Å². The number of hydrogen-bond donors (Lipinski definition) is 0. The van der Waals surface area contributed by atoms with Crippen LogP contribution in [0.1, 0.15) is 12.5 Å². The van der Waals surface area contributed by atoms with Crippen LogP contribution in [0.5, 0.6) is 11.5 Å². The molecule has 9 nitrogen and oxygen atoms in total. The van der Waals surface area contributed by atoms with E-state index >= 15 is 0 Å². The van der Waals surface area contributed by atoms with E-state index in [0.29, 0.717) is 22.9 Å². The first kappa shape index (κ1) is 25.3. The first-order valence-corrected chi connectivity index (χ1v) is 12.2. The first-order valence-electron chi connectivity index (χ1n) is 12.2. The zero-order valence-electron chi connectivity index (χ0n) is 21.3. The number of anilines is 2. The summed E-state index contributed by atoms with van der Waals surface area (Å²) >= 11 is 0. The van der Waals surface area contributed by atoms with Gasteiger partial charge >= 0.3 is 5.97 Å². The lowest BCUT2D eigenvalue weighted by atomic mass is 9.80. The van der Waals surface area contributed by atoms with Crippen LogP contribution in [0.2, 0.25) is 0 Å². The van der Waals surface area contributed by atoms with Crippen molar-refractivity contribution in [2.45, 2.75) is 37.8 Å². The topological polar surface area (TPSA) is 94.6 Å². The van der Waals surface area contributed by atoms with Crippen molar-refractivity contribution in [1.82, 2.24) is 0 Å². The van der Waals surface area contributed by atoms with Gasteiger partial charge in [-0.2, -0.15) is 0 Å². The number of benzene rings is 3. The summed E-state index contributed by atoms with van der Waals surface area (Å²) in [4.78, 5) is 41.8. The fourth-order valence-electron chi connectivity index (χ4n) is 4.94. The molecule has 2 amide bonds. The van der Waals surface area contributed by atoms with Gasteiger partial charge in [-0.3, -0.25) is 19.3 Å². The zero-order valence-corrected chi connectivity index (χ0v) is 21.3. The number of amides is 2. The molecule has 0 bridgehead atoms. The Balaban J connectivity index is 1.51. The van der Waals surface area contributed by atoms with E-state index in [-0.39, 0.29) is 18.4 Å². The van der Waals surface area contributed by atoms with Gasteiger partial charge in [0.1, 0.15) is 17.5 Å². The van der Waals surface area contributed by atoms with Gasteiger partial charge in [-0.15, -0.1) is 0 Å². The summed E-state index contributed by atoms with van der Waals surface area (Å²) in [7, 11) is 3.13. The number of esters is 1. The van der Waals surface area contributed by atoms with Crippen LogP contribution in [0, 0.1) is 0 Å². The third-order valence-electron chi connectivity index (χ3n) is 6.79. The fraction of sp³-hybridized carbons (Fsp3) is 0.276. The Morgan fingerprint density at radius 1 is 0.711 bits per heavy atom. The molecule has 0 aliphatic carbocycles. The Morgan fingerprint density at radius 2 is 1.18 bits per heavy atom. The number of carbonyl (C=O) groups is 3. The first-order chi connectivity index (χ1) is 18.4. The molecule has 2 fully saturated rings. The molecule has 0 unspecified atom stereocenters. The largest absolute Gasteiger partial charge is 0.497 e. The Kier molecular flexibility index (Phi) is 7.02. The highest BCUT2D eigenvalue weighted by molar-refractivity contribution is 6.11. The van der Waals surface area contributed by atoms with Crippen molar-refractivity contribution < 1.29 is 33.3 Å². The summed E-state index contributed by atoms with van der Waals surface area (Å²) in [6.45, 7) is 1.47. The number of β-lactam (4-membered cyclic amide) rings is 2. The van der Waals surface area contributed by atoms with Crippen LogP contribution in [0.4, 0.5) is 11.4 Å². The molecule has 3 aromatic rings. The molecule has 2 heterocycles. The SMILES string of the molecule is COc1ccc(N2C(=O)[C@H](OCc3ccccc3)[C@@H]2[C@H]2[C@@H](OC(C)=O)C(=O)N2c2ccc(OC)cc2)cc1. The lowest BCUT2D eigenvalue weighted by Gasteiger charge is -2.57. The molecule has 2 saturated heterocycles. The maximum absolute atomic E-state index is 13.5. The zero-order chi connectivity index (χ0) is 26.8. The van der Waals surface area contributed by atoms with Gasteiger partial charge in [-0.05, 0) is 54.1 Å². The van der Waals surface area contributed by atoms with Crippen molar-refractivity contribution in [2.75, 3.05) is 24.0 Å². The minimum absolute atomic E-state index is 0.214. The second-order valence-corrected chi connectivity index (χ2v) is 9.04. The van der Waals surface area contributed by atoms with Crippen molar-refractivity contribution in [3.05, 3.63) is 84.4 Å². The Labute approximate surface area is 220 Å². The minimum Gasteiger partial charge on any atom is -0.497 e. The highest BCUT2D eigenvalue weighted by Crippen LogP contribution is 2.42. The van der Waals surface area contributed by atoms with Gasteiger partial charge in [0.25, 0.3) is 11.8 Å². The van der Waals surface area contributed by atoms with E-state index in [2.05, 4.69) is 0 Å². The number of rotatable bonds is 9. The molecule has 5 rings (SSSR count). The van der Waals surface area contributed by atoms with Gasteiger partial charge in [-0.1, -0.05) is 30.3 Å². The van der Waals surface area contributed by atoms with Crippen LogP contribution >= 0.6 is 0 Å². The number of ether oxygens (including phenoxy) is 4. The maximum atomic E-state index is 13.5. The average Bonchev–Trinajstić information content (AvgIpc) is 2.94. The lowest BCUT2D eigenvalue weighted by Crippen LogP contribution is -2.82. The molecule has 196 valence electrons. The number of carbonyl (C=O) groups excluding carboxylic acids is 3. The molecule has 2 aliphatic rings. The van der Waals surface area contributed by atoms with Crippen molar-refractivity contribution in [3.63, 3.8) is 0 Å². The summed E-state index contributed by atoms with van der Waals surface area (Å²) in [5.74, 6) is 0.0909. The monoisotopic (exact) mass is 516 g/mol. The molecular formula is C29H28N2O7. The molecule has 2 aliphatic heterocycles. The van der Waals surface area contributed by atoms with Gasteiger partial charge in [0.05, 0.1) is 26.9 Å². The second kappa shape index (κ2) is 10.5. The van der Waals surface area contributed by atoms with E-state index in [4.69, 9.17) is 18.9 Å². The van der Waals surface area contributed by atoms with E-state index in [9.17, 15) is 14.4 Å². The summed E-state index contributed by atoms with van der Waals surface area (Å²) < 4.78 is 22.1. The molecule has 0 saturated carbocycles. The van der Waals surface area contributed by atoms with E-state index < -0.39 is 30.3 Å². The van der Waals surface area contributed by atoms with Crippen LogP contribution in [-0.2, 0) is 30.5 Å². The Bertz CT molecular complexity index is 1310. The summed E-state index contributed by atoms with van der Waals surface area (Å²) in [5.41, 5.74) is 2.13. The third-order valence-corrected chi connectivity index (χ3v) is 6.79. The molecule has 38 heavy (non-hydrogen) atoms. The second-order valence-electron chi connectivity index (χ2n) is 9.04. The Morgan fingerprint density at radius 3 is 1.66 bits per heavy atom. The summed E-state index contributed by atoms with van der Waals surface area (Å²) in [6, 6.07) is 22.3. The summed E-state index contributed by atoms with van der Waals surface area (Å²) in [6.07, 6.45) is -1.91. The molecule has 0 N–H and O–H groups in total. The number of nitrogens with zero attached hydrogens (tertiary/aromatic N) is 2. The van der Waals surface area contributed by atoms with Crippen LogP contribution in [0.15, 0.2) is 78.9 Å². The van der Waals surface area contributed by atoms with E-state index in [1.807, 2.05) is 30.3 Å². The quantitative estimate of drug-likeness (QED) is 0.318. The number of hydrogen-bond acceptors (Lipinski definition) is 7. The van der Waals surface area contributed by atoms with E-state index in [0.717, 1.165) is 5.56 Å². The molecule has 9 heteroatoms. The minimum atomic E-state index is -1.06. The van der Waals surface area contributed by atoms with Crippen molar-refractivity contribution in [3.8, 4) is 11.5 Å². The molecular weight excluding hydrogens is 488 g/mol. The van der Waals surface area contributed by atoms with E-state index in [1.165, 1.54) is 6.92 Å². The van der Waals surface area contributed by atoms with Crippen molar-refractivity contribution in [2.24, 2.45) is 0 Å². The van der Waals surface area contributed by atoms with Gasteiger partial charge in [0.15, 0.2) is 6.10 Å².